The fourth-order valence-corrected chi connectivity index (χ4v) is 1.81. The number of methoxy groups -OCH3 is 1. The Kier molecular flexibility index (Phi) is 5.32. The number of para-hydroxylation sites is 1. The van der Waals surface area contributed by atoms with Crippen molar-refractivity contribution in [3.05, 3.63) is 21.8 Å². The van der Waals surface area contributed by atoms with Crippen LogP contribution in [-0.2, 0) is 0 Å². The van der Waals surface area contributed by atoms with Gasteiger partial charge in [-0.3, -0.25) is 0 Å². The highest BCUT2D eigenvalue weighted by atomic mass is 127. The molecule has 0 fully saturated rings. The molecule has 0 aromatic heterocycles. The molecule has 14 heavy (non-hydrogen) atoms. The Labute approximate surface area is 102 Å². The summed E-state index contributed by atoms with van der Waals surface area (Å²) in [6, 6.07) is 6.82. The highest BCUT2D eigenvalue weighted by Crippen LogP contribution is 2.31. The van der Waals surface area contributed by atoms with Gasteiger partial charge in [-0.15, -0.1) is 0 Å². The molecule has 0 unspecified atom stereocenters. The Bertz CT molecular complexity index is 291. The van der Waals surface area contributed by atoms with Gasteiger partial charge in [-0.2, -0.15) is 0 Å². The first-order valence-electron chi connectivity index (χ1n) is 4.39. The standard InChI is InChI=1S/C10H12IO2Si/c1-12-9-5-2-4-8(11)10(9)13-6-3-7-14/h2,4-5H,3,6-7H2,1H3. The molecule has 1 aromatic rings. The highest BCUT2D eigenvalue weighted by molar-refractivity contribution is 14.1. The molecule has 0 saturated heterocycles. The normalized spacial score (nSPS) is 9.93. The molecule has 75 valence electrons. The monoisotopic (exact) mass is 319 g/mol. The highest BCUT2D eigenvalue weighted by Gasteiger charge is 2.07. The molecular formula is C10H12IO2Si. The zero-order chi connectivity index (χ0) is 10.4. The van der Waals surface area contributed by atoms with Crippen LogP contribution in [0.5, 0.6) is 11.5 Å². The van der Waals surface area contributed by atoms with E-state index in [1.165, 1.54) is 0 Å². The zero-order valence-corrected chi connectivity index (χ0v) is 11.2. The number of hydrogen-bond donors (Lipinski definition) is 0. The number of rotatable bonds is 5. The summed E-state index contributed by atoms with van der Waals surface area (Å²) < 4.78 is 11.9. The lowest BCUT2D eigenvalue weighted by molar-refractivity contribution is 0.292. The summed E-state index contributed by atoms with van der Waals surface area (Å²) in [7, 11) is 5.06. The Morgan fingerprint density at radius 3 is 2.86 bits per heavy atom. The van der Waals surface area contributed by atoms with E-state index in [-0.39, 0.29) is 0 Å². The van der Waals surface area contributed by atoms with Crippen molar-refractivity contribution in [1.82, 2.24) is 0 Å². The van der Waals surface area contributed by atoms with Gasteiger partial charge in [0.05, 0.1) is 17.3 Å². The van der Waals surface area contributed by atoms with Gasteiger partial charge in [0, 0.05) is 10.2 Å². The summed E-state index contributed by atoms with van der Waals surface area (Å²) >= 11 is 2.24. The second-order valence-electron chi connectivity index (χ2n) is 2.72. The molecule has 2 nitrogen and oxygen atoms in total. The first kappa shape index (κ1) is 11.8. The SMILES string of the molecule is COc1cccc(I)c1OCCC[Si]. The van der Waals surface area contributed by atoms with Crippen molar-refractivity contribution in [3.8, 4) is 11.5 Å². The Hall–Kier alpha value is -0.233. The molecule has 0 spiro atoms. The number of ether oxygens (including phenoxy) is 2. The van der Waals surface area contributed by atoms with Crippen LogP contribution in [0.15, 0.2) is 18.2 Å². The third-order valence-corrected chi connectivity index (χ3v) is 2.92. The molecule has 0 atom stereocenters. The van der Waals surface area contributed by atoms with Crippen molar-refractivity contribution in [2.75, 3.05) is 13.7 Å². The van der Waals surface area contributed by atoms with E-state index < -0.39 is 0 Å². The topological polar surface area (TPSA) is 18.5 Å². The maximum Gasteiger partial charge on any atom is 0.174 e. The molecule has 3 radical (unpaired) electrons. The molecule has 0 bridgehead atoms. The van der Waals surface area contributed by atoms with E-state index in [4.69, 9.17) is 9.47 Å². The molecular weight excluding hydrogens is 307 g/mol. The second-order valence-corrected chi connectivity index (χ2v) is 4.39. The van der Waals surface area contributed by atoms with E-state index in [1.807, 2.05) is 18.2 Å². The van der Waals surface area contributed by atoms with Crippen molar-refractivity contribution in [1.29, 1.82) is 0 Å². The maximum atomic E-state index is 5.64. The van der Waals surface area contributed by atoms with Gasteiger partial charge in [0.25, 0.3) is 0 Å². The van der Waals surface area contributed by atoms with E-state index in [1.54, 1.807) is 7.11 Å². The molecule has 0 aliphatic heterocycles. The lowest BCUT2D eigenvalue weighted by Crippen LogP contribution is -2.00. The fraction of sp³-hybridized carbons (Fsp3) is 0.400. The first-order valence-corrected chi connectivity index (χ1v) is 6.18. The lowest BCUT2D eigenvalue weighted by atomic mass is 10.3. The summed E-state index contributed by atoms with van der Waals surface area (Å²) in [6.45, 7) is 0.708. The number of benzene rings is 1. The number of hydrogen-bond acceptors (Lipinski definition) is 2. The van der Waals surface area contributed by atoms with E-state index >= 15 is 0 Å². The Morgan fingerprint density at radius 1 is 1.43 bits per heavy atom. The smallest absolute Gasteiger partial charge is 0.174 e. The minimum atomic E-state index is 0.708. The van der Waals surface area contributed by atoms with Gasteiger partial charge in [-0.25, -0.2) is 0 Å². The van der Waals surface area contributed by atoms with Gasteiger partial charge in [0.2, 0.25) is 0 Å². The third kappa shape index (κ3) is 3.16. The molecule has 0 saturated carbocycles. The summed E-state index contributed by atoms with van der Waals surface area (Å²) in [5, 5.41) is 0. The molecule has 1 aromatic carbocycles. The summed E-state index contributed by atoms with van der Waals surface area (Å²) in [5.74, 6) is 1.64. The van der Waals surface area contributed by atoms with Crippen LogP contribution in [0.3, 0.4) is 0 Å². The molecule has 0 N–H and O–H groups in total. The van der Waals surface area contributed by atoms with Crippen molar-refractivity contribution in [2.24, 2.45) is 0 Å². The van der Waals surface area contributed by atoms with Gasteiger partial charge in [-0.1, -0.05) is 12.1 Å². The van der Waals surface area contributed by atoms with Crippen LogP contribution in [0, 0.1) is 3.57 Å². The van der Waals surface area contributed by atoms with Gasteiger partial charge in [0.1, 0.15) is 0 Å². The third-order valence-electron chi connectivity index (χ3n) is 1.72. The minimum Gasteiger partial charge on any atom is -0.493 e. The predicted molar refractivity (Wildman–Crippen MR) is 66.4 cm³/mol. The molecule has 0 aliphatic rings. The van der Waals surface area contributed by atoms with Crippen LogP contribution in [-0.4, -0.2) is 24.0 Å². The van der Waals surface area contributed by atoms with Gasteiger partial charge >= 0.3 is 0 Å². The quantitative estimate of drug-likeness (QED) is 0.472. The predicted octanol–water partition coefficient (Wildman–Crippen LogP) is 2.66. The van der Waals surface area contributed by atoms with Crippen LogP contribution in [0.4, 0.5) is 0 Å². The van der Waals surface area contributed by atoms with Gasteiger partial charge in [0.15, 0.2) is 11.5 Å². The van der Waals surface area contributed by atoms with Crippen LogP contribution in [0.2, 0.25) is 6.04 Å². The Morgan fingerprint density at radius 2 is 2.21 bits per heavy atom. The molecule has 0 amide bonds. The molecule has 0 heterocycles. The average molecular weight is 319 g/mol. The molecule has 4 heteroatoms. The first-order chi connectivity index (χ1) is 6.79. The van der Waals surface area contributed by atoms with Crippen molar-refractivity contribution in [2.45, 2.75) is 12.5 Å². The van der Waals surface area contributed by atoms with Crippen molar-refractivity contribution >= 4 is 32.8 Å². The van der Waals surface area contributed by atoms with Crippen LogP contribution in [0.25, 0.3) is 0 Å². The van der Waals surface area contributed by atoms with Gasteiger partial charge < -0.3 is 9.47 Å². The maximum absolute atomic E-state index is 5.64. The lowest BCUT2D eigenvalue weighted by Gasteiger charge is -2.11. The van der Waals surface area contributed by atoms with E-state index in [9.17, 15) is 0 Å². The molecule has 0 aliphatic carbocycles. The zero-order valence-electron chi connectivity index (χ0n) is 8.05. The molecule has 1 rings (SSSR count). The van der Waals surface area contributed by atoms with Crippen molar-refractivity contribution in [3.63, 3.8) is 0 Å². The largest absolute Gasteiger partial charge is 0.493 e. The van der Waals surface area contributed by atoms with Crippen molar-refractivity contribution < 1.29 is 9.47 Å². The van der Waals surface area contributed by atoms with E-state index in [2.05, 4.69) is 32.8 Å². The summed E-state index contributed by atoms with van der Waals surface area (Å²) in [4.78, 5) is 0. The number of halogens is 1. The fourth-order valence-electron chi connectivity index (χ4n) is 1.04. The van der Waals surface area contributed by atoms with Gasteiger partial charge in [-0.05, 0) is 41.1 Å². The van der Waals surface area contributed by atoms with Crippen LogP contribution >= 0.6 is 22.6 Å². The van der Waals surface area contributed by atoms with E-state index in [0.29, 0.717) is 6.61 Å². The van der Waals surface area contributed by atoms with E-state index in [0.717, 1.165) is 27.5 Å². The average Bonchev–Trinajstić information content (AvgIpc) is 2.20. The Balaban J connectivity index is 2.72. The van der Waals surface area contributed by atoms with Crippen LogP contribution in [0.1, 0.15) is 6.42 Å². The summed E-state index contributed by atoms with van der Waals surface area (Å²) in [5.41, 5.74) is 0. The van der Waals surface area contributed by atoms with Crippen LogP contribution < -0.4 is 9.47 Å². The second kappa shape index (κ2) is 6.29. The minimum absolute atomic E-state index is 0.708. The summed E-state index contributed by atoms with van der Waals surface area (Å²) in [6.07, 6.45) is 0.991.